The fraction of sp³-hybridized carbons (Fsp3) is 0.647. The maximum atomic E-state index is 9.94. The van der Waals surface area contributed by atoms with Gasteiger partial charge in [0.15, 0.2) is 0 Å². The van der Waals surface area contributed by atoms with Crippen molar-refractivity contribution in [2.24, 2.45) is 0 Å². The highest BCUT2D eigenvalue weighted by Gasteiger charge is 2.28. The van der Waals surface area contributed by atoms with E-state index < -0.39 is 6.10 Å². The maximum absolute atomic E-state index is 9.94. The zero-order valence-electron chi connectivity index (χ0n) is 13.4. The molecule has 1 aliphatic carbocycles. The third-order valence-corrected chi connectivity index (χ3v) is 4.10. The van der Waals surface area contributed by atoms with Crippen LogP contribution in [0.4, 0.5) is 0 Å². The lowest BCUT2D eigenvalue weighted by molar-refractivity contribution is 0.104. The number of aliphatic hydroxyl groups excluding tert-OH is 1. The van der Waals surface area contributed by atoms with Crippen molar-refractivity contribution in [2.75, 3.05) is 26.7 Å². The number of nitrogens with zero attached hydrogens (tertiary/aromatic N) is 1. The summed E-state index contributed by atoms with van der Waals surface area (Å²) in [4.78, 5) is 2.42. The van der Waals surface area contributed by atoms with E-state index in [-0.39, 0.29) is 0 Å². The zero-order valence-corrected chi connectivity index (χ0v) is 13.4. The highest BCUT2D eigenvalue weighted by atomic mass is 16.5. The van der Waals surface area contributed by atoms with Crippen LogP contribution in [0.5, 0.6) is 5.75 Å². The van der Waals surface area contributed by atoms with Crippen molar-refractivity contribution in [3.63, 3.8) is 0 Å². The maximum Gasteiger partial charge on any atom is 0.119 e. The van der Waals surface area contributed by atoms with Gasteiger partial charge in [-0.1, -0.05) is 17.7 Å². The summed E-state index contributed by atoms with van der Waals surface area (Å²) in [7, 11) is 2.18. The minimum Gasteiger partial charge on any atom is -0.491 e. The largest absolute Gasteiger partial charge is 0.491 e. The summed E-state index contributed by atoms with van der Waals surface area (Å²) in [6, 6.07) is 9.16. The molecule has 1 aliphatic rings. The van der Waals surface area contributed by atoms with E-state index >= 15 is 0 Å². The van der Waals surface area contributed by atoms with Crippen LogP contribution >= 0.6 is 0 Å². The quantitative estimate of drug-likeness (QED) is 0.728. The third kappa shape index (κ3) is 5.65. The van der Waals surface area contributed by atoms with E-state index in [2.05, 4.69) is 24.2 Å². The van der Waals surface area contributed by atoms with Crippen molar-refractivity contribution < 1.29 is 9.84 Å². The monoisotopic (exact) mass is 292 g/mol. The molecular weight excluding hydrogens is 264 g/mol. The van der Waals surface area contributed by atoms with E-state index in [1.165, 1.54) is 18.4 Å². The normalized spacial score (nSPS) is 17.8. The Balaban J connectivity index is 1.58. The van der Waals surface area contributed by atoms with Gasteiger partial charge in [0.2, 0.25) is 0 Å². The molecule has 0 bridgehead atoms. The number of nitrogens with one attached hydrogen (secondary N) is 1. The van der Waals surface area contributed by atoms with Gasteiger partial charge < -0.3 is 15.2 Å². The van der Waals surface area contributed by atoms with E-state index in [9.17, 15) is 5.11 Å². The molecule has 0 spiro atoms. The van der Waals surface area contributed by atoms with Crippen molar-refractivity contribution in [1.82, 2.24) is 10.2 Å². The van der Waals surface area contributed by atoms with Crippen molar-refractivity contribution >= 4 is 0 Å². The summed E-state index contributed by atoms with van der Waals surface area (Å²) >= 11 is 0. The Kier molecular flexibility index (Phi) is 6.03. The Morgan fingerprint density at radius 3 is 2.57 bits per heavy atom. The van der Waals surface area contributed by atoms with Crippen LogP contribution in [0.2, 0.25) is 0 Å². The van der Waals surface area contributed by atoms with Gasteiger partial charge in [-0.25, -0.2) is 0 Å². The van der Waals surface area contributed by atoms with Gasteiger partial charge in [0, 0.05) is 25.2 Å². The molecule has 4 heteroatoms. The number of aliphatic hydroxyl groups is 1. The molecule has 2 N–H and O–H groups in total. The smallest absolute Gasteiger partial charge is 0.119 e. The minimum absolute atomic E-state index is 0.322. The number of hydrogen-bond donors (Lipinski definition) is 2. The van der Waals surface area contributed by atoms with Crippen LogP contribution in [0.3, 0.4) is 0 Å². The lowest BCUT2D eigenvalue weighted by Crippen LogP contribution is -2.42. The van der Waals surface area contributed by atoms with E-state index in [0.29, 0.717) is 19.2 Å². The summed E-state index contributed by atoms with van der Waals surface area (Å²) < 4.78 is 5.58. The molecule has 118 valence electrons. The molecule has 0 amide bonds. The van der Waals surface area contributed by atoms with Crippen molar-refractivity contribution in [3.05, 3.63) is 29.8 Å². The molecule has 1 saturated carbocycles. The second-order valence-corrected chi connectivity index (χ2v) is 6.18. The van der Waals surface area contributed by atoms with Crippen molar-refractivity contribution in [2.45, 2.75) is 44.9 Å². The summed E-state index contributed by atoms with van der Waals surface area (Å²) in [5.74, 6) is 0.807. The number of aryl methyl sites for hydroxylation is 1. The standard InChI is InChI=1S/C17H28N2O2/c1-13-4-8-17(9-5-13)21-12-16(20)11-18-10-14(2)19(3)15-6-7-15/h4-5,8-9,14-16,18,20H,6-7,10-12H2,1-3H3. The Labute approximate surface area is 128 Å². The first kappa shape index (κ1) is 16.3. The number of likely N-dealkylation sites (N-methyl/N-ethyl adjacent to an activating group) is 1. The van der Waals surface area contributed by atoms with Gasteiger partial charge in [0.05, 0.1) is 0 Å². The molecule has 0 radical (unpaired) electrons. The van der Waals surface area contributed by atoms with Gasteiger partial charge in [-0.2, -0.15) is 0 Å². The summed E-state index contributed by atoms with van der Waals surface area (Å²) in [5, 5.41) is 13.3. The Bertz CT molecular complexity index is 417. The second kappa shape index (κ2) is 7.78. The summed E-state index contributed by atoms with van der Waals surface area (Å²) in [5.41, 5.74) is 1.21. The van der Waals surface area contributed by atoms with Gasteiger partial charge in [-0.05, 0) is 45.9 Å². The van der Waals surface area contributed by atoms with E-state index in [4.69, 9.17) is 4.74 Å². The van der Waals surface area contributed by atoms with Crippen LogP contribution in [0.25, 0.3) is 0 Å². The van der Waals surface area contributed by atoms with Crippen LogP contribution in [-0.4, -0.2) is 54.9 Å². The topological polar surface area (TPSA) is 44.7 Å². The number of benzene rings is 1. The van der Waals surface area contributed by atoms with Crippen LogP contribution in [0, 0.1) is 6.92 Å². The predicted molar refractivity (Wildman–Crippen MR) is 85.8 cm³/mol. The minimum atomic E-state index is -0.482. The Hall–Kier alpha value is -1.10. The average molecular weight is 292 g/mol. The number of ether oxygens (including phenoxy) is 1. The number of rotatable bonds is 9. The first-order valence-electron chi connectivity index (χ1n) is 7.86. The summed E-state index contributed by atoms with van der Waals surface area (Å²) in [6.07, 6.45) is 2.17. The molecule has 1 aromatic rings. The summed E-state index contributed by atoms with van der Waals surface area (Å²) in [6.45, 7) is 6.05. The fourth-order valence-electron chi connectivity index (χ4n) is 2.33. The second-order valence-electron chi connectivity index (χ2n) is 6.18. The molecule has 2 atom stereocenters. The van der Waals surface area contributed by atoms with Gasteiger partial charge in [0.25, 0.3) is 0 Å². The molecule has 21 heavy (non-hydrogen) atoms. The van der Waals surface area contributed by atoms with Crippen LogP contribution in [0.15, 0.2) is 24.3 Å². The van der Waals surface area contributed by atoms with Crippen LogP contribution < -0.4 is 10.1 Å². The van der Waals surface area contributed by atoms with Crippen LogP contribution in [-0.2, 0) is 0 Å². The molecular formula is C17H28N2O2. The highest BCUT2D eigenvalue weighted by molar-refractivity contribution is 5.26. The molecule has 0 saturated heterocycles. The van der Waals surface area contributed by atoms with Gasteiger partial charge in [0.1, 0.15) is 18.5 Å². The fourth-order valence-corrected chi connectivity index (χ4v) is 2.33. The first-order valence-corrected chi connectivity index (χ1v) is 7.86. The molecule has 2 unspecified atom stereocenters. The molecule has 0 aromatic heterocycles. The molecule has 0 aliphatic heterocycles. The predicted octanol–water partition coefficient (Wildman–Crippen LogP) is 1.81. The van der Waals surface area contributed by atoms with Crippen LogP contribution in [0.1, 0.15) is 25.3 Å². The lowest BCUT2D eigenvalue weighted by atomic mass is 10.2. The van der Waals surface area contributed by atoms with Crippen molar-refractivity contribution in [1.29, 1.82) is 0 Å². The van der Waals surface area contributed by atoms with Gasteiger partial charge in [-0.3, -0.25) is 4.90 Å². The first-order chi connectivity index (χ1) is 10.1. The van der Waals surface area contributed by atoms with Gasteiger partial charge >= 0.3 is 0 Å². The Morgan fingerprint density at radius 1 is 1.29 bits per heavy atom. The van der Waals surface area contributed by atoms with Gasteiger partial charge in [-0.15, -0.1) is 0 Å². The number of hydrogen-bond acceptors (Lipinski definition) is 4. The van der Waals surface area contributed by atoms with E-state index in [1.54, 1.807) is 0 Å². The average Bonchev–Trinajstić information content (AvgIpc) is 3.30. The SMILES string of the molecule is Cc1ccc(OCC(O)CNCC(C)N(C)C2CC2)cc1. The Morgan fingerprint density at radius 2 is 1.95 bits per heavy atom. The molecule has 2 rings (SSSR count). The van der Waals surface area contributed by atoms with E-state index in [1.807, 2.05) is 31.2 Å². The van der Waals surface area contributed by atoms with Crippen molar-refractivity contribution in [3.8, 4) is 5.75 Å². The zero-order chi connectivity index (χ0) is 15.2. The molecule has 1 fully saturated rings. The highest BCUT2D eigenvalue weighted by Crippen LogP contribution is 2.26. The molecule has 0 heterocycles. The third-order valence-electron chi connectivity index (χ3n) is 4.10. The van der Waals surface area contributed by atoms with E-state index in [0.717, 1.165) is 18.3 Å². The lowest BCUT2D eigenvalue weighted by Gasteiger charge is -2.25. The molecule has 4 nitrogen and oxygen atoms in total. The molecule has 1 aromatic carbocycles.